The average Bonchev–Trinajstić information content (AvgIpc) is 2.52. The van der Waals surface area contributed by atoms with Gasteiger partial charge >= 0.3 is 12.1 Å². The molecule has 0 aromatic heterocycles. The van der Waals surface area contributed by atoms with Gasteiger partial charge in [0, 0.05) is 11.1 Å². The summed E-state index contributed by atoms with van der Waals surface area (Å²) in [6.45, 7) is 0. The molecule has 106 valence electrons. The van der Waals surface area contributed by atoms with Gasteiger partial charge in [-0.25, -0.2) is 19.4 Å². The monoisotopic (exact) mass is 286 g/mol. The zero-order valence-electron chi connectivity index (χ0n) is 10.7. The molecule has 0 amide bonds. The van der Waals surface area contributed by atoms with Crippen molar-refractivity contribution in [3.8, 4) is 0 Å². The highest BCUT2D eigenvalue weighted by atomic mass is 17.2. The molecule has 0 bridgehead atoms. The highest BCUT2D eigenvalue weighted by Gasteiger charge is 2.20. The summed E-state index contributed by atoms with van der Waals surface area (Å²) >= 11 is 0. The Balaban J connectivity index is 2.31. The molecule has 0 aliphatic carbocycles. The van der Waals surface area contributed by atoms with E-state index in [1.807, 2.05) is 0 Å². The number of ketones is 1. The van der Waals surface area contributed by atoms with Crippen LogP contribution < -0.4 is 0 Å². The average molecular weight is 286 g/mol. The third kappa shape index (κ3) is 3.44. The van der Waals surface area contributed by atoms with Crippen molar-refractivity contribution in [2.75, 3.05) is 0 Å². The van der Waals surface area contributed by atoms with Crippen LogP contribution >= 0.6 is 0 Å². The van der Waals surface area contributed by atoms with E-state index in [-0.39, 0.29) is 16.9 Å². The predicted molar refractivity (Wildman–Crippen MR) is 70.8 cm³/mol. The van der Waals surface area contributed by atoms with Gasteiger partial charge in [0.15, 0.2) is 5.78 Å². The summed E-state index contributed by atoms with van der Waals surface area (Å²) in [5.41, 5.74) is 0.423. The molecule has 0 radical (unpaired) electrons. The van der Waals surface area contributed by atoms with Gasteiger partial charge in [-0.1, -0.05) is 48.5 Å². The molecule has 6 heteroatoms. The van der Waals surface area contributed by atoms with Crippen LogP contribution in [0.1, 0.15) is 26.3 Å². The molecular formula is C15H10O6. The van der Waals surface area contributed by atoms with Crippen molar-refractivity contribution in [2.24, 2.45) is 0 Å². The van der Waals surface area contributed by atoms with Crippen molar-refractivity contribution < 1.29 is 29.3 Å². The molecule has 0 atom stereocenters. The first kappa shape index (κ1) is 14.3. The predicted octanol–water partition coefficient (Wildman–Crippen LogP) is 2.68. The van der Waals surface area contributed by atoms with E-state index >= 15 is 0 Å². The van der Waals surface area contributed by atoms with Crippen molar-refractivity contribution in [2.45, 2.75) is 0 Å². The summed E-state index contributed by atoms with van der Waals surface area (Å²) in [4.78, 5) is 42.2. The van der Waals surface area contributed by atoms with Crippen LogP contribution in [0.4, 0.5) is 4.79 Å². The van der Waals surface area contributed by atoms with E-state index in [1.54, 1.807) is 36.4 Å². The highest BCUT2D eigenvalue weighted by molar-refractivity contribution is 6.14. The molecule has 2 aromatic rings. The summed E-state index contributed by atoms with van der Waals surface area (Å²) in [6.07, 6.45) is -1.75. The molecular weight excluding hydrogens is 276 g/mol. The van der Waals surface area contributed by atoms with Crippen LogP contribution in [0.15, 0.2) is 54.6 Å². The van der Waals surface area contributed by atoms with Crippen molar-refractivity contribution >= 4 is 17.9 Å². The Morgan fingerprint density at radius 3 is 1.95 bits per heavy atom. The van der Waals surface area contributed by atoms with Crippen molar-refractivity contribution in [3.05, 3.63) is 71.3 Å². The van der Waals surface area contributed by atoms with Gasteiger partial charge in [0.1, 0.15) is 0 Å². The van der Waals surface area contributed by atoms with Gasteiger partial charge in [-0.15, -0.1) is 0 Å². The first-order valence-corrected chi connectivity index (χ1v) is 5.90. The zero-order valence-corrected chi connectivity index (χ0v) is 10.7. The van der Waals surface area contributed by atoms with Crippen LogP contribution in [0, 0.1) is 0 Å². The molecule has 0 aliphatic rings. The second kappa shape index (κ2) is 6.33. The van der Waals surface area contributed by atoms with Crippen LogP contribution in [0.3, 0.4) is 0 Å². The Hall–Kier alpha value is -3.15. The van der Waals surface area contributed by atoms with Gasteiger partial charge in [-0.3, -0.25) is 4.79 Å². The number of carboxylic acid groups (broad SMARTS) is 1. The fourth-order valence-electron chi connectivity index (χ4n) is 1.72. The van der Waals surface area contributed by atoms with Crippen LogP contribution in [-0.4, -0.2) is 23.0 Å². The van der Waals surface area contributed by atoms with E-state index in [2.05, 4.69) is 9.78 Å². The van der Waals surface area contributed by atoms with Crippen LogP contribution in [0.25, 0.3) is 0 Å². The molecule has 0 aliphatic heterocycles. The Morgan fingerprint density at radius 1 is 0.762 bits per heavy atom. The summed E-state index contributed by atoms with van der Waals surface area (Å²) < 4.78 is 0. The van der Waals surface area contributed by atoms with E-state index in [9.17, 15) is 14.4 Å². The molecule has 0 spiro atoms. The number of benzene rings is 2. The van der Waals surface area contributed by atoms with Crippen molar-refractivity contribution in [1.82, 2.24) is 0 Å². The van der Waals surface area contributed by atoms with Gasteiger partial charge < -0.3 is 5.11 Å². The molecule has 2 rings (SSSR count). The van der Waals surface area contributed by atoms with Gasteiger partial charge in [0.05, 0.1) is 5.56 Å². The maximum Gasteiger partial charge on any atom is 0.547 e. The summed E-state index contributed by atoms with van der Waals surface area (Å²) in [5, 5.41) is 8.30. The minimum absolute atomic E-state index is 0.0763. The summed E-state index contributed by atoms with van der Waals surface area (Å²) in [7, 11) is 0. The van der Waals surface area contributed by atoms with Crippen molar-refractivity contribution in [3.63, 3.8) is 0 Å². The number of carbonyl (C=O) groups excluding carboxylic acids is 2. The van der Waals surface area contributed by atoms with Gasteiger partial charge in [-0.2, -0.15) is 0 Å². The minimum Gasteiger partial charge on any atom is -0.447 e. The Labute approximate surface area is 119 Å². The van der Waals surface area contributed by atoms with E-state index in [4.69, 9.17) is 5.11 Å². The lowest BCUT2D eigenvalue weighted by molar-refractivity contribution is -0.198. The van der Waals surface area contributed by atoms with Crippen LogP contribution in [0.5, 0.6) is 0 Å². The molecule has 0 saturated heterocycles. The zero-order chi connectivity index (χ0) is 15.2. The number of hydrogen-bond acceptors (Lipinski definition) is 5. The third-order valence-electron chi connectivity index (χ3n) is 2.62. The fourth-order valence-corrected chi connectivity index (χ4v) is 1.72. The van der Waals surface area contributed by atoms with Crippen molar-refractivity contribution in [1.29, 1.82) is 0 Å². The quantitative estimate of drug-likeness (QED) is 0.530. The Morgan fingerprint density at radius 2 is 1.33 bits per heavy atom. The second-order valence-corrected chi connectivity index (χ2v) is 3.96. The molecule has 0 heterocycles. The maximum atomic E-state index is 12.3. The van der Waals surface area contributed by atoms with E-state index in [0.717, 1.165) is 0 Å². The molecule has 0 fully saturated rings. The number of carbonyl (C=O) groups is 3. The fraction of sp³-hybridized carbons (Fsp3) is 0. The maximum absolute atomic E-state index is 12.3. The van der Waals surface area contributed by atoms with Gasteiger partial charge in [-0.05, 0) is 6.07 Å². The van der Waals surface area contributed by atoms with E-state index in [1.165, 1.54) is 18.2 Å². The smallest absolute Gasteiger partial charge is 0.447 e. The van der Waals surface area contributed by atoms with Crippen LogP contribution in [-0.2, 0) is 9.78 Å². The summed E-state index contributed by atoms with van der Waals surface area (Å²) in [5.74, 6) is -1.43. The molecule has 0 unspecified atom stereocenters. The number of hydrogen-bond donors (Lipinski definition) is 1. The first-order chi connectivity index (χ1) is 10.1. The molecule has 21 heavy (non-hydrogen) atoms. The Kier molecular flexibility index (Phi) is 4.30. The molecule has 1 N–H and O–H groups in total. The minimum atomic E-state index is -1.75. The lowest BCUT2D eigenvalue weighted by atomic mass is 9.98. The highest BCUT2D eigenvalue weighted by Crippen LogP contribution is 2.15. The van der Waals surface area contributed by atoms with Crippen LogP contribution in [0.2, 0.25) is 0 Å². The van der Waals surface area contributed by atoms with E-state index < -0.39 is 12.1 Å². The molecule has 0 saturated carbocycles. The lowest BCUT2D eigenvalue weighted by Gasteiger charge is -2.06. The van der Waals surface area contributed by atoms with Gasteiger partial charge in [0.25, 0.3) is 0 Å². The normalized spacial score (nSPS) is 9.71. The standard InChI is InChI=1S/C15H10O6/c16-13(10-6-2-1-3-7-10)11-8-4-5-9-12(11)14(17)20-21-15(18)19/h1-9H,(H,18,19). The summed E-state index contributed by atoms with van der Waals surface area (Å²) in [6, 6.07) is 14.3. The largest absolute Gasteiger partial charge is 0.547 e. The lowest BCUT2D eigenvalue weighted by Crippen LogP contribution is -2.14. The SMILES string of the molecule is O=C(O)OOC(=O)c1ccccc1C(=O)c1ccccc1. The second-order valence-electron chi connectivity index (χ2n) is 3.96. The third-order valence-corrected chi connectivity index (χ3v) is 2.62. The van der Waals surface area contributed by atoms with Gasteiger partial charge in [0.2, 0.25) is 0 Å². The Bertz CT molecular complexity index is 678. The topological polar surface area (TPSA) is 89.9 Å². The number of rotatable bonds is 3. The first-order valence-electron chi connectivity index (χ1n) is 5.90. The molecule has 6 nitrogen and oxygen atoms in total. The van der Waals surface area contributed by atoms with E-state index in [0.29, 0.717) is 5.56 Å². The molecule has 2 aromatic carbocycles.